The molecular weight excluding hydrogens is 313 g/mol. The van der Waals surface area contributed by atoms with Crippen LogP contribution in [0.25, 0.3) is 0 Å². The molecule has 130 valence electrons. The number of likely N-dealkylation sites (N-methyl/N-ethyl adjacent to an activating group) is 1. The van der Waals surface area contributed by atoms with Crippen molar-refractivity contribution < 1.29 is 19.4 Å². The van der Waals surface area contributed by atoms with E-state index in [1.54, 1.807) is 11.9 Å². The van der Waals surface area contributed by atoms with Gasteiger partial charge >= 0.3 is 5.97 Å². The number of hydrogen-bond acceptors (Lipinski definition) is 4. The number of aliphatic hydroxyl groups excluding tert-OH is 1. The topological polar surface area (TPSA) is 89.5 Å². The Kier molecular flexibility index (Phi) is 5.69. The van der Waals surface area contributed by atoms with Gasteiger partial charge in [-0.25, -0.2) is 4.39 Å². The van der Waals surface area contributed by atoms with E-state index in [4.69, 9.17) is 0 Å². The van der Waals surface area contributed by atoms with Gasteiger partial charge in [0.1, 0.15) is 11.9 Å². The normalized spacial score (nSPS) is 12.6. The van der Waals surface area contributed by atoms with Crippen LogP contribution in [0, 0.1) is 19.7 Å². The number of halogens is 1. The van der Waals surface area contributed by atoms with Crippen LogP contribution in [-0.2, 0) is 17.8 Å². The minimum atomic E-state index is -1.02. The number of aliphatic hydroxyl groups is 1. The molecule has 1 unspecified atom stereocenters. The Hall–Kier alpha value is -2.25. The summed E-state index contributed by atoms with van der Waals surface area (Å²) in [6.07, 6.45) is 0.655. The summed E-state index contributed by atoms with van der Waals surface area (Å²) < 4.78 is 13.5. The number of rotatable bonds is 7. The minimum Gasteiger partial charge on any atom is -0.480 e. The summed E-state index contributed by atoms with van der Waals surface area (Å²) in [5.41, 5.74) is 3.47. The van der Waals surface area contributed by atoms with Gasteiger partial charge in [-0.15, -0.1) is 0 Å². The molecule has 0 bridgehead atoms. The highest BCUT2D eigenvalue weighted by molar-refractivity contribution is 5.75. The minimum absolute atomic E-state index is 0.0914. The van der Waals surface area contributed by atoms with E-state index in [-0.39, 0.29) is 5.56 Å². The summed E-state index contributed by atoms with van der Waals surface area (Å²) in [6, 6.07) is 3.12. The summed E-state index contributed by atoms with van der Waals surface area (Å²) in [5.74, 6) is -1.56. The van der Waals surface area contributed by atoms with Crippen molar-refractivity contribution in [3.8, 4) is 0 Å². The maximum Gasteiger partial charge on any atom is 0.325 e. The van der Waals surface area contributed by atoms with Crippen LogP contribution in [0.5, 0.6) is 0 Å². The van der Waals surface area contributed by atoms with Crippen molar-refractivity contribution >= 4 is 5.97 Å². The Morgan fingerprint density at radius 3 is 2.67 bits per heavy atom. The Bertz CT molecular complexity index is 710. The highest BCUT2D eigenvalue weighted by Gasteiger charge is 2.25. The second-order valence-corrected chi connectivity index (χ2v) is 5.89. The third-order valence-electron chi connectivity index (χ3n) is 4.23. The maximum absolute atomic E-state index is 13.5. The highest BCUT2D eigenvalue weighted by atomic mass is 19.1. The first kappa shape index (κ1) is 18.1. The molecule has 2 aromatic rings. The predicted octanol–water partition coefficient (Wildman–Crippen LogP) is 1.96. The van der Waals surface area contributed by atoms with Crippen LogP contribution in [0.1, 0.15) is 34.1 Å². The molecule has 0 saturated heterocycles. The molecule has 24 heavy (non-hydrogen) atoms. The van der Waals surface area contributed by atoms with E-state index in [0.29, 0.717) is 18.5 Å². The van der Waals surface area contributed by atoms with E-state index in [2.05, 4.69) is 10.2 Å². The zero-order valence-corrected chi connectivity index (χ0v) is 14.0. The monoisotopic (exact) mass is 335 g/mol. The second kappa shape index (κ2) is 7.55. The van der Waals surface area contributed by atoms with E-state index in [9.17, 15) is 19.4 Å². The molecule has 2 rings (SSSR count). The van der Waals surface area contributed by atoms with Crippen molar-refractivity contribution in [2.45, 2.75) is 32.9 Å². The van der Waals surface area contributed by atoms with E-state index in [0.717, 1.165) is 17.0 Å². The summed E-state index contributed by atoms with van der Waals surface area (Å²) in [7, 11) is 1.71. The molecule has 1 heterocycles. The Labute approximate surface area is 139 Å². The number of H-pyrrole nitrogens is 1. The number of nitrogens with zero attached hydrogens (tertiary/aromatic N) is 2. The fourth-order valence-electron chi connectivity index (χ4n) is 2.83. The van der Waals surface area contributed by atoms with Gasteiger partial charge in [0, 0.05) is 17.8 Å². The molecule has 6 nitrogen and oxygen atoms in total. The van der Waals surface area contributed by atoms with Crippen molar-refractivity contribution in [1.82, 2.24) is 15.1 Å². The zero-order valence-electron chi connectivity index (χ0n) is 14.0. The van der Waals surface area contributed by atoms with Gasteiger partial charge in [-0.3, -0.25) is 14.8 Å². The summed E-state index contributed by atoms with van der Waals surface area (Å²) in [4.78, 5) is 13.4. The number of aliphatic carboxylic acids is 1. The number of aromatic amines is 1. The third kappa shape index (κ3) is 3.80. The number of carbonyl (C=O) groups is 1. The van der Waals surface area contributed by atoms with Gasteiger partial charge in [-0.1, -0.05) is 6.07 Å². The van der Waals surface area contributed by atoms with Crippen molar-refractivity contribution in [3.05, 3.63) is 52.1 Å². The molecule has 0 saturated carbocycles. The molecule has 0 aliphatic rings. The van der Waals surface area contributed by atoms with Crippen LogP contribution in [-0.4, -0.2) is 44.9 Å². The molecule has 0 spiro atoms. The lowest BCUT2D eigenvalue weighted by atomic mass is 10.0. The van der Waals surface area contributed by atoms with E-state index < -0.39 is 24.4 Å². The molecule has 1 aromatic heterocycles. The fraction of sp³-hybridized carbons (Fsp3) is 0.412. The van der Waals surface area contributed by atoms with Crippen LogP contribution in [0.15, 0.2) is 18.2 Å². The Morgan fingerprint density at radius 2 is 2.12 bits per heavy atom. The molecule has 1 aromatic carbocycles. The van der Waals surface area contributed by atoms with Gasteiger partial charge < -0.3 is 10.2 Å². The lowest BCUT2D eigenvalue weighted by Gasteiger charge is -2.25. The van der Waals surface area contributed by atoms with Crippen LogP contribution >= 0.6 is 0 Å². The van der Waals surface area contributed by atoms with Crippen LogP contribution in [0.4, 0.5) is 4.39 Å². The Balaban J connectivity index is 2.19. The van der Waals surface area contributed by atoms with Crippen LogP contribution < -0.4 is 0 Å². The molecule has 7 heteroatoms. The van der Waals surface area contributed by atoms with Gasteiger partial charge in [0.15, 0.2) is 0 Å². The molecule has 3 N–H and O–H groups in total. The SMILES string of the molecule is Cc1n[nH]c(C)c1CCN(C)C(C(=O)O)c1ccc(F)c(CO)c1. The smallest absolute Gasteiger partial charge is 0.325 e. The van der Waals surface area contributed by atoms with Gasteiger partial charge in [0.2, 0.25) is 0 Å². The summed E-state index contributed by atoms with van der Waals surface area (Å²) in [6.45, 7) is 3.87. The van der Waals surface area contributed by atoms with E-state index in [1.165, 1.54) is 18.2 Å². The fourth-order valence-corrected chi connectivity index (χ4v) is 2.83. The average Bonchev–Trinajstić information content (AvgIpc) is 2.85. The number of hydrogen-bond donors (Lipinski definition) is 3. The van der Waals surface area contributed by atoms with E-state index in [1.807, 2.05) is 13.8 Å². The van der Waals surface area contributed by atoms with E-state index >= 15 is 0 Å². The van der Waals surface area contributed by atoms with Crippen molar-refractivity contribution in [2.24, 2.45) is 0 Å². The van der Waals surface area contributed by atoms with Gasteiger partial charge in [-0.2, -0.15) is 5.10 Å². The number of nitrogens with one attached hydrogen (secondary N) is 1. The number of aromatic nitrogens is 2. The lowest BCUT2D eigenvalue weighted by molar-refractivity contribution is -0.143. The average molecular weight is 335 g/mol. The highest BCUT2D eigenvalue weighted by Crippen LogP contribution is 2.23. The largest absolute Gasteiger partial charge is 0.480 e. The first-order chi connectivity index (χ1) is 11.3. The zero-order chi connectivity index (χ0) is 17.9. The van der Waals surface area contributed by atoms with Crippen molar-refractivity contribution in [1.29, 1.82) is 0 Å². The van der Waals surface area contributed by atoms with Gasteiger partial charge in [0.25, 0.3) is 0 Å². The standard InChI is InChI=1S/C17H22FN3O3/c1-10-14(11(2)20-19-10)6-7-21(3)16(17(23)24)12-4-5-15(18)13(8-12)9-22/h4-5,8,16,22H,6-7,9H2,1-3H3,(H,19,20)(H,23,24). The summed E-state index contributed by atoms with van der Waals surface area (Å²) >= 11 is 0. The Morgan fingerprint density at radius 1 is 1.42 bits per heavy atom. The first-order valence-electron chi connectivity index (χ1n) is 7.67. The summed E-state index contributed by atoms with van der Waals surface area (Å²) in [5, 5.41) is 25.8. The first-order valence-corrected chi connectivity index (χ1v) is 7.67. The molecule has 0 radical (unpaired) electrons. The number of benzene rings is 1. The van der Waals surface area contributed by atoms with Gasteiger partial charge in [0.05, 0.1) is 12.3 Å². The number of carboxylic acids is 1. The molecule has 1 atom stereocenters. The lowest BCUT2D eigenvalue weighted by Crippen LogP contribution is -2.32. The van der Waals surface area contributed by atoms with Crippen molar-refractivity contribution in [2.75, 3.05) is 13.6 Å². The molecular formula is C17H22FN3O3. The van der Waals surface area contributed by atoms with Crippen LogP contribution in [0.2, 0.25) is 0 Å². The van der Waals surface area contributed by atoms with Gasteiger partial charge in [-0.05, 0) is 50.6 Å². The molecule has 0 amide bonds. The maximum atomic E-state index is 13.5. The third-order valence-corrected chi connectivity index (χ3v) is 4.23. The number of aryl methyl sites for hydroxylation is 2. The van der Waals surface area contributed by atoms with Crippen molar-refractivity contribution in [3.63, 3.8) is 0 Å². The predicted molar refractivity (Wildman–Crippen MR) is 87.1 cm³/mol. The molecule has 0 fully saturated rings. The second-order valence-electron chi connectivity index (χ2n) is 5.89. The molecule has 0 aliphatic carbocycles. The quantitative estimate of drug-likeness (QED) is 0.720. The van der Waals surface area contributed by atoms with Crippen LogP contribution in [0.3, 0.4) is 0 Å². The number of carboxylic acid groups (broad SMARTS) is 1. The molecule has 0 aliphatic heterocycles.